The van der Waals surface area contributed by atoms with E-state index in [2.05, 4.69) is 36.6 Å². The van der Waals surface area contributed by atoms with Crippen LogP contribution in [0.15, 0.2) is 12.7 Å². The van der Waals surface area contributed by atoms with Gasteiger partial charge in [0.05, 0.1) is 30.3 Å². The van der Waals surface area contributed by atoms with Gasteiger partial charge in [0.1, 0.15) is 0 Å². The molecule has 0 aliphatic heterocycles. The van der Waals surface area contributed by atoms with Crippen LogP contribution in [0.4, 0.5) is 0 Å². The Labute approximate surface area is 121 Å². The Balaban J connectivity index is 4.41. The highest BCUT2D eigenvalue weighted by Gasteiger charge is 2.32. The molecule has 4 heteroatoms. The van der Waals surface area contributed by atoms with Crippen molar-refractivity contribution in [2.24, 2.45) is 5.92 Å². The van der Waals surface area contributed by atoms with Gasteiger partial charge in [0.2, 0.25) is 0 Å². The molecule has 0 amide bonds. The van der Waals surface area contributed by atoms with Crippen molar-refractivity contribution < 1.29 is 14.6 Å². The molecule has 1 N–H and O–H groups in total. The topological polar surface area (TPSA) is 38.7 Å². The molecule has 0 heterocycles. The second-order valence-corrected chi connectivity index (χ2v) is 7.07. The third-order valence-corrected chi connectivity index (χ3v) is 4.01. The lowest BCUT2D eigenvalue weighted by atomic mass is 9.88. The molecule has 0 saturated carbocycles. The summed E-state index contributed by atoms with van der Waals surface area (Å²) in [5, 5.41) is 9.08. The summed E-state index contributed by atoms with van der Waals surface area (Å²) in [6, 6.07) is 0. The summed E-state index contributed by atoms with van der Waals surface area (Å²) in [4.78, 5) is 0. The van der Waals surface area contributed by atoms with Gasteiger partial charge in [-0.3, -0.25) is 0 Å². The molecule has 0 aliphatic carbocycles. The van der Waals surface area contributed by atoms with E-state index in [1.54, 1.807) is 6.92 Å². The van der Waals surface area contributed by atoms with Crippen molar-refractivity contribution in [2.45, 2.75) is 64.5 Å². The molecule has 3 nitrogen and oxygen atoms in total. The van der Waals surface area contributed by atoms with Crippen molar-refractivity contribution >= 4 is 9.24 Å². The molecule has 5 atom stereocenters. The molecule has 0 fully saturated rings. The normalized spacial score (nSPS) is 21.2. The largest absolute Gasteiger partial charge is 0.391 e. The van der Waals surface area contributed by atoms with E-state index in [0.717, 1.165) is 12.8 Å². The van der Waals surface area contributed by atoms with Gasteiger partial charge in [0.15, 0.2) is 0 Å². The lowest BCUT2D eigenvalue weighted by Crippen LogP contribution is -2.41. The molecular formula is C15H31O3P. The fourth-order valence-electron chi connectivity index (χ4n) is 1.74. The molecule has 19 heavy (non-hydrogen) atoms. The third kappa shape index (κ3) is 7.41. The first-order chi connectivity index (χ1) is 8.67. The fraction of sp³-hybridized carbons (Fsp3) is 0.867. The van der Waals surface area contributed by atoms with E-state index < -0.39 is 6.10 Å². The molecule has 0 saturated heterocycles. The standard InChI is InChI=1S/C15H31O3P/c1-7-9-15(6,19)18-10-12(3)14(5,8-2)17-11-13(4)16/h7,12-13,16H,1,8-11,19H2,2-6H3. The van der Waals surface area contributed by atoms with Gasteiger partial charge in [0, 0.05) is 5.92 Å². The van der Waals surface area contributed by atoms with Crippen LogP contribution in [0.2, 0.25) is 0 Å². The average Bonchev–Trinajstić information content (AvgIpc) is 2.33. The number of hydrogen-bond acceptors (Lipinski definition) is 3. The van der Waals surface area contributed by atoms with Crippen molar-refractivity contribution in [3.05, 3.63) is 12.7 Å². The zero-order chi connectivity index (χ0) is 15.1. The highest BCUT2D eigenvalue weighted by molar-refractivity contribution is 7.18. The van der Waals surface area contributed by atoms with Crippen LogP contribution >= 0.6 is 9.24 Å². The summed E-state index contributed by atoms with van der Waals surface area (Å²) in [7, 11) is 2.73. The van der Waals surface area contributed by atoms with Crippen LogP contribution in [-0.2, 0) is 9.47 Å². The van der Waals surface area contributed by atoms with E-state index in [9.17, 15) is 5.11 Å². The van der Waals surface area contributed by atoms with Gasteiger partial charge >= 0.3 is 0 Å². The Kier molecular flexibility index (Phi) is 8.38. The monoisotopic (exact) mass is 290 g/mol. The zero-order valence-electron chi connectivity index (χ0n) is 13.1. The molecule has 0 aromatic heterocycles. The lowest BCUT2D eigenvalue weighted by molar-refractivity contribution is -0.120. The van der Waals surface area contributed by atoms with Crippen LogP contribution in [0.1, 0.15) is 47.5 Å². The highest BCUT2D eigenvalue weighted by atomic mass is 31.0. The number of rotatable bonds is 10. The van der Waals surface area contributed by atoms with Crippen LogP contribution < -0.4 is 0 Å². The molecule has 0 aromatic carbocycles. The molecule has 0 radical (unpaired) electrons. The molecule has 0 aliphatic rings. The Bertz CT molecular complexity index is 266. The maximum atomic E-state index is 9.35. The SMILES string of the molecule is C=CCC(C)(P)OCC(C)C(C)(CC)OCC(C)O. The third-order valence-electron chi connectivity index (χ3n) is 3.61. The summed E-state index contributed by atoms with van der Waals surface area (Å²) < 4.78 is 11.8. The van der Waals surface area contributed by atoms with Crippen molar-refractivity contribution in [1.29, 1.82) is 0 Å². The molecule has 0 spiro atoms. The van der Waals surface area contributed by atoms with Crippen LogP contribution in [0, 0.1) is 5.92 Å². The van der Waals surface area contributed by atoms with Gasteiger partial charge in [-0.1, -0.05) is 19.9 Å². The first kappa shape index (κ1) is 19.1. The predicted molar refractivity (Wildman–Crippen MR) is 84.4 cm³/mol. The molecule has 0 aromatic rings. The van der Waals surface area contributed by atoms with E-state index in [1.807, 2.05) is 13.0 Å². The van der Waals surface area contributed by atoms with Crippen LogP contribution in [0.5, 0.6) is 0 Å². The maximum Gasteiger partial charge on any atom is 0.0819 e. The van der Waals surface area contributed by atoms with Crippen molar-refractivity contribution in [3.63, 3.8) is 0 Å². The average molecular weight is 290 g/mol. The number of aliphatic hydroxyl groups excluding tert-OH is 1. The Morgan fingerprint density at radius 2 is 1.84 bits per heavy atom. The summed E-state index contributed by atoms with van der Waals surface area (Å²) in [5.74, 6) is 0.251. The lowest BCUT2D eigenvalue weighted by Gasteiger charge is -2.37. The maximum absolute atomic E-state index is 9.35. The van der Waals surface area contributed by atoms with Gasteiger partial charge < -0.3 is 14.6 Å². The van der Waals surface area contributed by atoms with E-state index in [0.29, 0.717) is 13.2 Å². The first-order valence-corrected chi connectivity index (χ1v) is 7.60. The van der Waals surface area contributed by atoms with Crippen LogP contribution in [-0.4, -0.2) is 35.4 Å². The smallest absolute Gasteiger partial charge is 0.0819 e. The summed E-state index contributed by atoms with van der Waals surface area (Å²) >= 11 is 0. The number of ether oxygens (including phenoxy) is 2. The highest BCUT2D eigenvalue weighted by Crippen LogP contribution is 2.30. The molecule has 0 bridgehead atoms. The van der Waals surface area contributed by atoms with Gasteiger partial charge in [-0.15, -0.1) is 15.8 Å². The fourth-order valence-corrected chi connectivity index (χ4v) is 2.00. The van der Waals surface area contributed by atoms with Gasteiger partial charge in [0.25, 0.3) is 0 Å². The van der Waals surface area contributed by atoms with Crippen molar-refractivity contribution in [1.82, 2.24) is 0 Å². The van der Waals surface area contributed by atoms with Gasteiger partial charge in [-0.25, -0.2) is 0 Å². The quantitative estimate of drug-likeness (QED) is 0.495. The van der Waals surface area contributed by atoms with E-state index in [1.165, 1.54) is 0 Å². The second kappa shape index (κ2) is 8.36. The number of hydrogen-bond donors (Lipinski definition) is 1. The van der Waals surface area contributed by atoms with Crippen LogP contribution in [0.3, 0.4) is 0 Å². The zero-order valence-corrected chi connectivity index (χ0v) is 14.3. The van der Waals surface area contributed by atoms with Gasteiger partial charge in [-0.05, 0) is 33.6 Å². The van der Waals surface area contributed by atoms with E-state index in [-0.39, 0.29) is 16.9 Å². The first-order valence-electron chi connectivity index (χ1n) is 7.02. The Morgan fingerprint density at radius 1 is 1.26 bits per heavy atom. The number of aliphatic hydroxyl groups is 1. The molecular weight excluding hydrogens is 259 g/mol. The summed E-state index contributed by atoms with van der Waals surface area (Å²) in [6.45, 7) is 14.8. The minimum absolute atomic E-state index is 0.251. The Morgan fingerprint density at radius 3 is 2.26 bits per heavy atom. The van der Waals surface area contributed by atoms with Crippen molar-refractivity contribution in [3.8, 4) is 0 Å². The Hall–Kier alpha value is 0.0500. The molecule has 0 rings (SSSR count). The molecule has 114 valence electrons. The second-order valence-electron chi connectivity index (χ2n) is 5.84. The predicted octanol–water partition coefficient (Wildman–Crippen LogP) is 3.37. The van der Waals surface area contributed by atoms with E-state index >= 15 is 0 Å². The van der Waals surface area contributed by atoms with Crippen molar-refractivity contribution in [2.75, 3.05) is 13.2 Å². The summed E-state index contributed by atoms with van der Waals surface area (Å²) in [6.07, 6.45) is 3.11. The van der Waals surface area contributed by atoms with E-state index in [4.69, 9.17) is 9.47 Å². The minimum atomic E-state index is -0.438. The summed E-state index contributed by atoms with van der Waals surface area (Å²) in [5.41, 5.74) is -0.272. The van der Waals surface area contributed by atoms with Gasteiger partial charge in [-0.2, -0.15) is 0 Å². The minimum Gasteiger partial charge on any atom is -0.391 e. The molecule has 5 unspecified atom stereocenters. The van der Waals surface area contributed by atoms with Crippen LogP contribution in [0.25, 0.3) is 0 Å².